The van der Waals surface area contributed by atoms with Crippen LogP contribution in [0.5, 0.6) is 0 Å². The van der Waals surface area contributed by atoms with Crippen molar-refractivity contribution in [2.24, 2.45) is 29.1 Å². The lowest BCUT2D eigenvalue weighted by Gasteiger charge is -2.50. The second kappa shape index (κ2) is 7.82. The fourth-order valence-corrected chi connectivity index (χ4v) is 7.65. The molecule has 0 bridgehead atoms. The maximum Gasteiger partial charge on any atom is 0.306 e. The van der Waals surface area contributed by atoms with Crippen molar-refractivity contribution in [1.29, 1.82) is 0 Å². The van der Waals surface area contributed by atoms with Gasteiger partial charge in [0.05, 0.1) is 12.2 Å². The highest BCUT2D eigenvalue weighted by molar-refractivity contribution is 6.04. The summed E-state index contributed by atoms with van der Waals surface area (Å²) in [5, 5.41) is 34.0. The minimum atomic E-state index is -1.78. The van der Waals surface area contributed by atoms with Gasteiger partial charge in [0, 0.05) is 48.4 Å². The SMILES string of the molecule is CC1=C[C@H]2[C@@]3(O)[C@H](C)C[C@]4(OC(=O)CCc5ccncc5)[C@H]([C@@H]3C=C(CO)C[C@]2(O)C1=O)C4(C)C. The lowest BCUT2D eigenvalue weighted by Crippen LogP contribution is -2.61. The minimum absolute atomic E-state index is 0.0156. The Morgan fingerprint density at radius 2 is 1.89 bits per heavy atom. The molecule has 0 saturated heterocycles. The smallest absolute Gasteiger partial charge is 0.306 e. The van der Waals surface area contributed by atoms with E-state index in [4.69, 9.17) is 4.74 Å². The minimum Gasteiger partial charge on any atom is -0.458 e. The number of carbonyl (C=O) groups excluding carboxylic acids is 2. The Morgan fingerprint density at radius 3 is 2.54 bits per heavy atom. The van der Waals surface area contributed by atoms with E-state index in [1.807, 2.05) is 25.1 Å². The molecule has 4 aliphatic rings. The predicted molar refractivity (Wildman–Crippen MR) is 128 cm³/mol. The third-order valence-electron chi connectivity index (χ3n) is 9.54. The molecule has 5 rings (SSSR count). The fourth-order valence-electron chi connectivity index (χ4n) is 7.65. The lowest BCUT2D eigenvalue weighted by atomic mass is 9.60. The van der Waals surface area contributed by atoms with E-state index < -0.39 is 39.8 Å². The van der Waals surface area contributed by atoms with Crippen LogP contribution in [-0.4, -0.2) is 55.5 Å². The molecule has 0 amide bonds. The molecule has 7 atom stereocenters. The van der Waals surface area contributed by atoms with Crippen LogP contribution in [0.1, 0.15) is 52.5 Å². The maximum atomic E-state index is 13.0. The van der Waals surface area contributed by atoms with Crippen LogP contribution >= 0.6 is 0 Å². The van der Waals surface area contributed by atoms with Crippen LogP contribution in [0.3, 0.4) is 0 Å². The van der Waals surface area contributed by atoms with Crippen molar-refractivity contribution in [1.82, 2.24) is 4.98 Å². The fraction of sp³-hybridized carbons (Fsp3) is 0.607. The van der Waals surface area contributed by atoms with Gasteiger partial charge in [0.15, 0.2) is 5.78 Å². The third-order valence-corrected chi connectivity index (χ3v) is 9.54. The van der Waals surface area contributed by atoms with Crippen molar-refractivity contribution in [3.05, 3.63) is 53.4 Å². The number of rotatable bonds is 5. The summed E-state index contributed by atoms with van der Waals surface area (Å²) in [5.41, 5.74) is -2.38. The Bertz CT molecular complexity index is 1130. The van der Waals surface area contributed by atoms with E-state index in [0.29, 0.717) is 24.0 Å². The Balaban J connectivity index is 1.48. The van der Waals surface area contributed by atoms with Gasteiger partial charge >= 0.3 is 5.97 Å². The Labute approximate surface area is 205 Å². The molecule has 0 aromatic carbocycles. The molecule has 1 aromatic heterocycles. The van der Waals surface area contributed by atoms with Crippen LogP contribution in [0.15, 0.2) is 47.8 Å². The zero-order valence-electron chi connectivity index (χ0n) is 20.8. The summed E-state index contributed by atoms with van der Waals surface area (Å²) in [6, 6.07) is 3.76. The molecule has 1 heterocycles. The summed E-state index contributed by atoms with van der Waals surface area (Å²) in [4.78, 5) is 30.0. The lowest BCUT2D eigenvalue weighted by molar-refractivity contribution is -0.187. The molecule has 2 fully saturated rings. The van der Waals surface area contributed by atoms with E-state index in [2.05, 4.69) is 18.8 Å². The van der Waals surface area contributed by atoms with Gasteiger partial charge in [0.2, 0.25) is 0 Å². The maximum absolute atomic E-state index is 13.0. The molecule has 7 heteroatoms. The van der Waals surface area contributed by atoms with Gasteiger partial charge in [-0.25, -0.2) is 0 Å². The number of ketones is 1. The Morgan fingerprint density at radius 1 is 1.20 bits per heavy atom. The number of carbonyl (C=O) groups is 2. The van der Waals surface area contributed by atoms with Gasteiger partial charge in [0.25, 0.3) is 0 Å². The van der Waals surface area contributed by atoms with Crippen molar-refractivity contribution in [2.45, 2.75) is 70.2 Å². The van der Waals surface area contributed by atoms with Crippen LogP contribution in [-0.2, 0) is 20.7 Å². The van der Waals surface area contributed by atoms with E-state index in [-0.39, 0.29) is 37.3 Å². The monoisotopic (exact) mass is 481 g/mol. The molecule has 35 heavy (non-hydrogen) atoms. The van der Waals surface area contributed by atoms with Crippen LogP contribution in [0, 0.1) is 29.1 Å². The molecule has 0 spiro atoms. The molecule has 0 aliphatic heterocycles. The van der Waals surface area contributed by atoms with Gasteiger partial charge in [-0.05, 0) is 54.5 Å². The van der Waals surface area contributed by atoms with Gasteiger partial charge in [0.1, 0.15) is 11.2 Å². The van der Waals surface area contributed by atoms with Gasteiger partial charge in [-0.15, -0.1) is 0 Å². The van der Waals surface area contributed by atoms with Crippen LogP contribution in [0.25, 0.3) is 0 Å². The van der Waals surface area contributed by atoms with E-state index in [0.717, 1.165) is 5.56 Å². The van der Waals surface area contributed by atoms with E-state index in [1.54, 1.807) is 25.4 Å². The third kappa shape index (κ3) is 3.24. The van der Waals surface area contributed by atoms with Gasteiger partial charge in [-0.2, -0.15) is 0 Å². The number of nitrogens with zero attached hydrogens (tertiary/aromatic N) is 1. The Hall–Kier alpha value is -2.35. The second-order valence-electron chi connectivity index (χ2n) is 11.7. The summed E-state index contributed by atoms with van der Waals surface area (Å²) < 4.78 is 6.24. The van der Waals surface area contributed by atoms with E-state index in [9.17, 15) is 24.9 Å². The molecular formula is C28H35NO6. The summed E-state index contributed by atoms with van der Waals surface area (Å²) in [5.74, 6) is -2.51. The van der Waals surface area contributed by atoms with Crippen molar-refractivity contribution in [2.75, 3.05) is 6.61 Å². The van der Waals surface area contributed by atoms with Gasteiger partial charge in [-0.3, -0.25) is 14.6 Å². The van der Waals surface area contributed by atoms with E-state index >= 15 is 0 Å². The van der Waals surface area contributed by atoms with Crippen LogP contribution in [0.4, 0.5) is 0 Å². The zero-order valence-corrected chi connectivity index (χ0v) is 20.8. The number of fused-ring (bicyclic) bond motifs is 5. The number of Topliss-reactive ketones (excluding diaryl/α,β-unsaturated/α-hetero) is 1. The standard InChI is InChI=1S/C28H35NO6/c1-16-11-21-26(33,24(16)32)14-19(15-30)12-20-23-25(3,4)27(23,13-17(2)28(20,21)34)35-22(31)6-5-18-7-9-29-10-8-18/h7-12,17,20-21,23,30,33-34H,5-6,13-15H2,1-4H3/t17-,20+,21-,23-,26-,27+,28-/m1/s1. The summed E-state index contributed by atoms with van der Waals surface area (Å²) in [6.07, 6.45) is 8.18. The molecule has 0 radical (unpaired) electrons. The highest BCUT2D eigenvalue weighted by Gasteiger charge is 2.83. The largest absolute Gasteiger partial charge is 0.458 e. The highest BCUT2D eigenvalue weighted by Crippen LogP contribution is 2.76. The molecular weight excluding hydrogens is 446 g/mol. The Kier molecular flexibility index (Phi) is 5.44. The predicted octanol–water partition coefficient (Wildman–Crippen LogP) is 2.54. The van der Waals surface area contributed by atoms with Crippen molar-refractivity contribution < 1.29 is 29.6 Å². The normalized spacial score (nSPS) is 41.1. The first-order chi connectivity index (χ1) is 16.4. The highest BCUT2D eigenvalue weighted by atomic mass is 16.6. The number of aliphatic hydroxyl groups excluding tert-OH is 1. The zero-order chi connectivity index (χ0) is 25.4. The number of aliphatic hydroxyl groups is 3. The number of aromatic nitrogens is 1. The molecule has 1 aromatic rings. The molecule has 3 N–H and O–H groups in total. The molecule has 4 aliphatic carbocycles. The molecule has 0 unspecified atom stereocenters. The van der Waals surface area contributed by atoms with Crippen molar-refractivity contribution >= 4 is 11.8 Å². The molecule has 7 nitrogen and oxygen atoms in total. The topological polar surface area (TPSA) is 117 Å². The van der Waals surface area contributed by atoms with Gasteiger partial charge < -0.3 is 20.1 Å². The van der Waals surface area contributed by atoms with Crippen molar-refractivity contribution in [3.8, 4) is 0 Å². The summed E-state index contributed by atoms with van der Waals surface area (Å²) in [7, 11) is 0. The van der Waals surface area contributed by atoms with E-state index in [1.165, 1.54) is 0 Å². The first-order valence-electron chi connectivity index (χ1n) is 12.5. The average Bonchev–Trinajstić information content (AvgIpc) is 3.22. The quantitative estimate of drug-likeness (QED) is 0.437. The first-order valence-corrected chi connectivity index (χ1v) is 12.5. The average molecular weight is 482 g/mol. The number of esters is 1. The number of hydrogen-bond donors (Lipinski definition) is 3. The van der Waals surface area contributed by atoms with Gasteiger partial charge in [-0.1, -0.05) is 32.9 Å². The van der Waals surface area contributed by atoms with Crippen LogP contribution in [0.2, 0.25) is 0 Å². The van der Waals surface area contributed by atoms with Crippen molar-refractivity contribution in [3.63, 3.8) is 0 Å². The summed E-state index contributed by atoms with van der Waals surface area (Å²) >= 11 is 0. The van der Waals surface area contributed by atoms with Crippen LogP contribution < -0.4 is 0 Å². The molecule has 188 valence electrons. The number of hydrogen-bond acceptors (Lipinski definition) is 7. The molecule has 2 saturated carbocycles. The number of pyridine rings is 1. The second-order valence-corrected chi connectivity index (χ2v) is 11.7. The number of aryl methyl sites for hydroxylation is 1. The summed E-state index contributed by atoms with van der Waals surface area (Å²) in [6.45, 7) is 7.37. The number of ether oxygens (including phenoxy) is 1. The first kappa shape index (κ1) is 24.3.